The number of rotatable bonds is 5. The van der Waals surface area contributed by atoms with Gasteiger partial charge in [-0.1, -0.05) is 31.0 Å². The molecule has 5 heteroatoms. The minimum atomic E-state index is -0.183. The van der Waals surface area contributed by atoms with E-state index in [-0.39, 0.29) is 11.2 Å². The second-order valence-corrected chi connectivity index (χ2v) is 6.59. The fourth-order valence-electron chi connectivity index (χ4n) is 3.57. The summed E-state index contributed by atoms with van der Waals surface area (Å²) in [5.74, 6) is 0.580. The highest BCUT2D eigenvalue weighted by atomic mass is 19.1. The number of pyridine rings is 1. The summed E-state index contributed by atoms with van der Waals surface area (Å²) < 4.78 is 13.3. The quantitative estimate of drug-likeness (QED) is 0.648. The van der Waals surface area contributed by atoms with Crippen molar-refractivity contribution >= 4 is 5.96 Å². The van der Waals surface area contributed by atoms with Crippen molar-refractivity contribution in [1.29, 1.82) is 0 Å². The van der Waals surface area contributed by atoms with E-state index in [1.54, 1.807) is 25.4 Å². The average molecular weight is 340 g/mol. The van der Waals surface area contributed by atoms with Crippen LogP contribution in [0.3, 0.4) is 0 Å². The summed E-state index contributed by atoms with van der Waals surface area (Å²) in [4.78, 5) is 8.62. The van der Waals surface area contributed by atoms with Crippen molar-refractivity contribution in [2.75, 3.05) is 13.6 Å². The molecular weight excluding hydrogens is 315 g/mol. The van der Waals surface area contributed by atoms with Crippen LogP contribution in [-0.4, -0.2) is 24.5 Å². The molecule has 0 aliphatic heterocycles. The van der Waals surface area contributed by atoms with Gasteiger partial charge in [-0.3, -0.25) is 9.98 Å². The van der Waals surface area contributed by atoms with Crippen LogP contribution in [0.1, 0.15) is 36.9 Å². The number of hydrogen-bond donors (Lipinski definition) is 2. The smallest absolute Gasteiger partial charge is 0.191 e. The lowest BCUT2D eigenvalue weighted by Gasteiger charge is -2.30. The van der Waals surface area contributed by atoms with E-state index in [9.17, 15) is 4.39 Å². The first-order valence-corrected chi connectivity index (χ1v) is 8.82. The van der Waals surface area contributed by atoms with Gasteiger partial charge in [0.25, 0.3) is 0 Å². The van der Waals surface area contributed by atoms with E-state index in [1.807, 2.05) is 30.3 Å². The van der Waals surface area contributed by atoms with Crippen molar-refractivity contribution in [2.45, 2.75) is 37.6 Å². The largest absolute Gasteiger partial charge is 0.356 e. The molecule has 25 heavy (non-hydrogen) atoms. The van der Waals surface area contributed by atoms with Crippen LogP contribution in [0.4, 0.5) is 4.39 Å². The fourth-order valence-corrected chi connectivity index (χ4v) is 3.57. The molecule has 0 spiro atoms. The van der Waals surface area contributed by atoms with Gasteiger partial charge in [-0.25, -0.2) is 4.39 Å². The predicted octanol–water partition coefficient (Wildman–Crippen LogP) is 3.40. The zero-order valence-electron chi connectivity index (χ0n) is 14.6. The van der Waals surface area contributed by atoms with E-state index in [2.05, 4.69) is 20.6 Å². The Labute approximate surface area is 148 Å². The highest BCUT2D eigenvalue weighted by Gasteiger charge is 2.35. The molecule has 0 atom stereocenters. The zero-order chi connectivity index (χ0) is 17.5. The number of nitrogens with zero attached hydrogens (tertiary/aromatic N) is 2. The third-order valence-electron chi connectivity index (χ3n) is 5.00. The van der Waals surface area contributed by atoms with E-state index < -0.39 is 0 Å². The van der Waals surface area contributed by atoms with Crippen molar-refractivity contribution in [2.24, 2.45) is 4.99 Å². The van der Waals surface area contributed by atoms with Gasteiger partial charge in [-0.15, -0.1) is 0 Å². The minimum Gasteiger partial charge on any atom is -0.356 e. The van der Waals surface area contributed by atoms with Gasteiger partial charge in [-0.05, 0) is 42.7 Å². The third-order valence-corrected chi connectivity index (χ3v) is 5.00. The Morgan fingerprint density at radius 3 is 2.52 bits per heavy atom. The Bertz CT molecular complexity index is 691. The highest BCUT2D eigenvalue weighted by Crippen LogP contribution is 2.40. The van der Waals surface area contributed by atoms with Gasteiger partial charge in [0, 0.05) is 25.2 Å². The van der Waals surface area contributed by atoms with Crippen LogP contribution in [0.15, 0.2) is 53.7 Å². The van der Waals surface area contributed by atoms with Crippen molar-refractivity contribution in [3.8, 4) is 0 Å². The van der Waals surface area contributed by atoms with E-state index in [1.165, 1.54) is 18.4 Å². The molecule has 4 nitrogen and oxygen atoms in total. The molecular formula is C20H25FN4. The van der Waals surface area contributed by atoms with Crippen LogP contribution in [0.2, 0.25) is 0 Å². The molecule has 1 aliphatic carbocycles. The molecule has 1 aliphatic rings. The molecule has 1 aromatic carbocycles. The molecule has 0 bridgehead atoms. The maximum atomic E-state index is 13.3. The number of aromatic nitrogens is 1. The molecule has 0 saturated heterocycles. The second-order valence-electron chi connectivity index (χ2n) is 6.59. The van der Waals surface area contributed by atoms with Crippen LogP contribution in [0, 0.1) is 5.82 Å². The first kappa shape index (κ1) is 17.4. The van der Waals surface area contributed by atoms with Gasteiger partial charge in [0.2, 0.25) is 0 Å². The summed E-state index contributed by atoms with van der Waals surface area (Å²) in [6.07, 6.45) is 6.43. The number of hydrogen-bond acceptors (Lipinski definition) is 2. The van der Waals surface area contributed by atoms with Crippen molar-refractivity contribution in [1.82, 2.24) is 15.6 Å². The lowest BCUT2D eigenvalue weighted by molar-refractivity contribution is 0.431. The molecule has 0 unspecified atom stereocenters. The summed E-state index contributed by atoms with van der Waals surface area (Å²) in [6, 6.07) is 12.8. The Balaban J connectivity index is 1.63. The lowest BCUT2D eigenvalue weighted by atomic mass is 9.79. The van der Waals surface area contributed by atoms with E-state index >= 15 is 0 Å². The number of aliphatic imine (C=N–C) groups is 1. The van der Waals surface area contributed by atoms with Crippen LogP contribution >= 0.6 is 0 Å². The van der Waals surface area contributed by atoms with E-state index in [0.29, 0.717) is 6.54 Å². The molecule has 1 aromatic heterocycles. The Morgan fingerprint density at radius 1 is 1.12 bits per heavy atom. The first-order valence-electron chi connectivity index (χ1n) is 8.82. The Kier molecular flexibility index (Phi) is 5.64. The maximum Gasteiger partial charge on any atom is 0.191 e. The molecule has 3 rings (SSSR count). The maximum absolute atomic E-state index is 13.3. The fraction of sp³-hybridized carbons (Fsp3) is 0.400. The SMILES string of the molecule is CN=C(NCc1ccccn1)NCC1(c2ccc(F)cc2)CCCC1. The third kappa shape index (κ3) is 4.35. The predicted molar refractivity (Wildman–Crippen MR) is 99.0 cm³/mol. The lowest BCUT2D eigenvalue weighted by Crippen LogP contribution is -2.44. The molecule has 1 saturated carbocycles. The van der Waals surface area contributed by atoms with Gasteiger partial charge >= 0.3 is 0 Å². The monoisotopic (exact) mass is 340 g/mol. The van der Waals surface area contributed by atoms with Gasteiger partial charge in [0.05, 0.1) is 12.2 Å². The van der Waals surface area contributed by atoms with E-state index in [4.69, 9.17) is 0 Å². The zero-order valence-corrected chi connectivity index (χ0v) is 14.6. The standard InChI is InChI=1S/C20H25FN4/c1-22-19(24-14-18-6-2-5-13-23-18)25-15-20(11-3-4-12-20)16-7-9-17(21)10-8-16/h2,5-10,13H,3-4,11-12,14-15H2,1H3,(H2,22,24,25). The first-order chi connectivity index (χ1) is 12.2. The minimum absolute atomic E-state index is 0.0519. The van der Waals surface area contributed by atoms with Gasteiger partial charge in [0.15, 0.2) is 5.96 Å². The van der Waals surface area contributed by atoms with Gasteiger partial charge < -0.3 is 10.6 Å². The molecule has 2 aromatic rings. The molecule has 0 radical (unpaired) electrons. The molecule has 1 fully saturated rings. The van der Waals surface area contributed by atoms with Crippen LogP contribution < -0.4 is 10.6 Å². The Hall–Kier alpha value is -2.43. The number of nitrogens with one attached hydrogen (secondary N) is 2. The average Bonchev–Trinajstić information content (AvgIpc) is 3.13. The molecule has 1 heterocycles. The van der Waals surface area contributed by atoms with Crippen LogP contribution in [0.5, 0.6) is 0 Å². The summed E-state index contributed by atoms with van der Waals surface area (Å²) in [6.45, 7) is 1.42. The molecule has 2 N–H and O–H groups in total. The van der Waals surface area contributed by atoms with Crippen molar-refractivity contribution in [3.63, 3.8) is 0 Å². The number of guanidine groups is 1. The van der Waals surface area contributed by atoms with Crippen LogP contribution in [0.25, 0.3) is 0 Å². The second kappa shape index (κ2) is 8.10. The summed E-state index contributed by atoms with van der Waals surface area (Å²) >= 11 is 0. The summed E-state index contributed by atoms with van der Waals surface area (Å²) in [5, 5.41) is 6.76. The summed E-state index contributed by atoms with van der Waals surface area (Å²) in [5.41, 5.74) is 2.23. The van der Waals surface area contributed by atoms with Crippen LogP contribution in [-0.2, 0) is 12.0 Å². The summed E-state index contributed by atoms with van der Waals surface area (Å²) in [7, 11) is 1.77. The topological polar surface area (TPSA) is 49.3 Å². The van der Waals surface area contributed by atoms with Crippen molar-refractivity contribution < 1.29 is 4.39 Å². The van der Waals surface area contributed by atoms with E-state index in [0.717, 1.165) is 31.0 Å². The molecule has 0 amide bonds. The van der Waals surface area contributed by atoms with Gasteiger partial charge in [0.1, 0.15) is 5.82 Å². The normalized spacial score (nSPS) is 16.6. The molecule has 132 valence electrons. The number of halogens is 1. The van der Waals surface area contributed by atoms with Gasteiger partial charge in [-0.2, -0.15) is 0 Å². The highest BCUT2D eigenvalue weighted by molar-refractivity contribution is 5.79. The number of benzene rings is 1. The van der Waals surface area contributed by atoms with Crippen molar-refractivity contribution in [3.05, 3.63) is 65.7 Å². The Morgan fingerprint density at radius 2 is 1.88 bits per heavy atom.